The van der Waals surface area contributed by atoms with Crippen LogP contribution >= 0.6 is 15.9 Å². The SMILES string of the molecule is CCCCCC(C)(O)c1c(F)ccc(Br)c1F. The molecule has 0 amide bonds. The molecule has 0 radical (unpaired) electrons. The van der Waals surface area contributed by atoms with Crippen molar-refractivity contribution in [3.63, 3.8) is 0 Å². The second kappa shape index (κ2) is 5.91. The molecule has 0 aromatic heterocycles. The van der Waals surface area contributed by atoms with Gasteiger partial charge in [-0.05, 0) is 41.4 Å². The Hall–Kier alpha value is -0.480. The Morgan fingerprint density at radius 3 is 2.53 bits per heavy atom. The average molecular weight is 307 g/mol. The summed E-state index contributed by atoms with van der Waals surface area (Å²) in [6, 6.07) is 2.47. The molecule has 1 rings (SSSR count). The van der Waals surface area contributed by atoms with Crippen molar-refractivity contribution >= 4 is 15.9 Å². The van der Waals surface area contributed by atoms with Gasteiger partial charge in [-0.15, -0.1) is 0 Å². The predicted molar refractivity (Wildman–Crippen MR) is 67.8 cm³/mol. The average Bonchev–Trinajstić information content (AvgIpc) is 2.24. The van der Waals surface area contributed by atoms with Gasteiger partial charge in [-0.2, -0.15) is 0 Å². The zero-order valence-corrected chi connectivity index (χ0v) is 11.7. The molecule has 0 saturated heterocycles. The van der Waals surface area contributed by atoms with Gasteiger partial charge in [0.25, 0.3) is 0 Å². The van der Waals surface area contributed by atoms with E-state index in [4.69, 9.17) is 0 Å². The van der Waals surface area contributed by atoms with Crippen molar-refractivity contribution in [2.75, 3.05) is 0 Å². The van der Waals surface area contributed by atoms with Crippen LogP contribution in [0.2, 0.25) is 0 Å². The van der Waals surface area contributed by atoms with Crippen molar-refractivity contribution in [1.29, 1.82) is 0 Å². The van der Waals surface area contributed by atoms with Gasteiger partial charge in [-0.25, -0.2) is 8.78 Å². The topological polar surface area (TPSA) is 20.2 Å². The lowest BCUT2D eigenvalue weighted by molar-refractivity contribution is 0.0373. The molecule has 0 saturated carbocycles. The summed E-state index contributed by atoms with van der Waals surface area (Å²) < 4.78 is 27.6. The molecule has 1 aromatic carbocycles. The third kappa shape index (κ3) is 3.49. The maximum Gasteiger partial charge on any atom is 0.146 e. The van der Waals surface area contributed by atoms with Crippen molar-refractivity contribution in [2.45, 2.75) is 45.1 Å². The van der Waals surface area contributed by atoms with E-state index in [1.54, 1.807) is 0 Å². The van der Waals surface area contributed by atoms with E-state index < -0.39 is 17.2 Å². The van der Waals surface area contributed by atoms with Crippen molar-refractivity contribution in [3.05, 3.63) is 33.8 Å². The van der Waals surface area contributed by atoms with Crippen molar-refractivity contribution in [3.8, 4) is 0 Å². The fraction of sp³-hybridized carbons (Fsp3) is 0.538. The summed E-state index contributed by atoms with van der Waals surface area (Å²) >= 11 is 3.00. The molecule has 0 aliphatic carbocycles. The third-order valence-corrected chi connectivity index (χ3v) is 3.46. The first-order valence-electron chi connectivity index (χ1n) is 5.76. The first kappa shape index (κ1) is 14.6. The molecule has 0 heterocycles. The number of halogens is 3. The van der Waals surface area contributed by atoms with Gasteiger partial charge in [-0.1, -0.05) is 26.2 Å². The summed E-state index contributed by atoms with van der Waals surface area (Å²) in [5, 5.41) is 10.2. The molecule has 1 unspecified atom stereocenters. The van der Waals surface area contributed by atoms with Crippen LogP contribution in [0, 0.1) is 11.6 Å². The van der Waals surface area contributed by atoms with Crippen LogP contribution in [0.4, 0.5) is 8.78 Å². The summed E-state index contributed by atoms with van der Waals surface area (Å²) in [7, 11) is 0. The molecular formula is C13H17BrF2O. The van der Waals surface area contributed by atoms with Gasteiger partial charge < -0.3 is 5.11 Å². The largest absolute Gasteiger partial charge is 0.385 e. The van der Waals surface area contributed by atoms with Crippen LogP contribution in [0.5, 0.6) is 0 Å². The van der Waals surface area contributed by atoms with Crippen molar-refractivity contribution < 1.29 is 13.9 Å². The van der Waals surface area contributed by atoms with Crippen LogP contribution in [0.1, 0.15) is 45.1 Å². The normalized spacial score (nSPS) is 14.7. The van der Waals surface area contributed by atoms with Gasteiger partial charge in [-0.3, -0.25) is 0 Å². The van der Waals surface area contributed by atoms with E-state index in [0.29, 0.717) is 6.42 Å². The van der Waals surface area contributed by atoms with Gasteiger partial charge in [0.2, 0.25) is 0 Å². The van der Waals surface area contributed by atoms with Crippen LogP contribution < -0.4 is 0 Å². The molecule has 96 valence electrons. The van der Waals surface area contributed by atoms with Crippen LogP contribution in [-0.2, 0) is 5.60 Å². The Kier molecular flexibility index (Phi) is 5.07. The number of aliphatic hydroxyl groups is 1. The summed E-state index contributed by atoms with van der Waals surface area (Å²) in [5.74, 6) is -1.42. The van der Waals surface area contributed by atoms with E-state index in [0.717, 1.165) is 25.3 Å². The molecule has 1 nitrogen and oxygen atoms in total. The Bertz CT molecular complexity index is 391. The first-order valence-corrected chi connectivity index (χ1v) is 6.55. The number of hydrogen-bond acceptors (Lipinski definition) is 1. The molecule has 1 atom stereocenters. The Morgan fingerprint density at radius 2 is 1.94 bits per heavy atom. The van der Waals surface area contributed by atoms with Crippen LogP contribution in [0.3, 0.4) is 0 Å². The van der Waals surface area contributed by atoms with Crippen molar-refractivity contribution in [2.24, 2.45) is 0 Å². The van der Waals surface area contributed by atoms with Gasteiger partial charge in [0, 0.05) is 0 Å². The molecule has 4 heteroatoms. The number of unbranched alkanes of at least 4 members (excludes halogenated alkanes) is 2. The zero-order valence-electron chi connectivity index (χ0n) is 10.1. The summed E-state index contributed by atoms with van der Waals surface area (Å²) in [4.78, 5) is 0. The molecule has 0 spiro atoms. The molecule has 0 aliphatic heterocycles. The van der Waals surface area contributed by atoms with Gasteiger partial charge in [0.1, 0.15) is 11.6 Å². The first-order chi connectivity index (χ1) is 7.90. The number of benzene rings is 1. The Labute approximate surface area is 109 Å². The molecule has 1 aromatic rings. The lowest BCUT2D eigenvalue weighted by Crippen LogP contribution is -2.24. The standard InChI is InChI=1S/C13H17BrF2O/c1-3-4-5-8-13(2,17)11-10(15)7-6-9(14)12(11)16/h6-7,17H,3-5,8H2,1-2H3. The Morgan fingerprint density at radius 1 is 1.29 bits per heavy atom. The number of hydrogen-bond donors (Lipinski definition) is 1. The van der Waals surface area contributed by atoms with Crippen LogP contribution in [-0.4, -0.2) is 5.11 Å². The zero-order chi connectivity index (χ0) is 13.1. The second-order valence-corrected chi connectivity index (χ2v) is 5.30. The van der Waals surface area contributed by atoms with Gasteiger partial charge in [0.15, 0.2) is 0 Å². The molecular weight excluding hydrogens is 290 g/mol. The van der Waals surface area contributed by atoms with Crippen molar-refractivity contribution in [1.82, 2.24) is 0 Å². The highest BCUT2D eigenvalue weighted by molar-refractivity contribution is 9.10. The van der Waals surface area contributed by atoms with E-state index in [9.17, 15) is 13.9 Å². The highest BCUT2D eigenvalue weighted by Crippen LogP contribution is 2.34. The molecule has 0 bridgehead atoms. The van der Waals surface area contributed by atoms with Crippen LogP contribution in [0.25, 0.3) is 0 Å². The monoisotopic (exact) mass is 306 g/mol. The minimum atomic E-state index is -1.47. The summed E-state index contributed by atoms with van der Waals surface area (Å²) in [6.45, 7) is 3.49. The van der Waals surface area contributed by atoms with E-state index in [-0.39, 0.29) is 10.0 Å². The fourth-order valence-corrected chi connectivity index (χ4v) is 2.20. The van der Waals surface area contributed by atoms with Gasteiger partial charge >= 0.3 is 0 Å². The third-order valence-electron chi connectivity index (χ3n) is 2.85. The minimum absolute atomic E-state index is 0.171. The molecule has 17 heavy (non-hydrogen) atoms. The molecule has 0 fully saturated rings. The quantitative estimate of drug-likeness (QED) is 0.626. The second-order valence-electron chi connectivity index (χ2n) is 4.45. The molecule has 1 N–H and O–H groups in total. The highest BCUT2D eigenvalue weighted by atomic mass is 79.9. The van der Waals surface area contributed by atoms with E-state index in [1.165, 1.54) is 13.0 Å². The Balaban J connectivity index is 3.01. The maximum absolute atomic E-state index is 13.8. The number of rotatable bonds is 5. The van der Waals surface area contributed by atoms with E-state index in [2.05, 4.69) is 15.9 Å². The summed E-state index contributed by atoms with van der Waals surface area (Å²) in [5.41, 5.74) is -1.71. The summed E-state index contributed by atoms with van der Waals surface area (Å²) in [6.07, 6.45) is 3.03. The maximum atomic E-state index is 13.8. The lowest BCUT2D eigenvalue weighted by Gasteiger charge is -2.25. The molecule has 0 aliphatic rings. The highest BCUT2D eigenvalue weighted by Gasteiger charge is 2.30. The minimum Gasteiger partial charge on any atom is -0.385 e. The lowest BCUT2D eigenvalue weighted by atomic mass is 9.89. The smallest absolute Gasteiger partial charge is 0.146 e. The van der Waals surface area contributed by atoms with Crippen LogP contribution in [0.15, 0.2) is 16.6 Å². The van der Waals surface area contributed by atoms with E-state index >= 15 is 0 Å². The predicted octanol–water partition coefficient (Wildman–Crippen LogP) is 4.52. The fourth-order valence-electron chi connectivity index (χ4n) is 1.86. The van der Waals surface area contributed by atoms with E-state index in [1.807, 2.05) is 6.92 Å². The van der Waals surface area contributed by atoms with Gasteiger partial charge in [0.05, 0.1) is 15.6 Å².